The number of piperidine rings is 1. The Balaban J connectivity index is 1.58. The Morgan fingerprint density at radius 3 is 2.68 bits per heavy atom. The smallest absolute Gasteiger partial charge is 0.231 e. The molecule has 0 aromatic rings. The van der Waals surface area contributed by atoms with Gasteiger partial charge in [-0.25, -0.2) is 0 Å². The summed E-state index contributed by atoms with van der Waals surface area (Å²) in [7, 11) is 1.69. The third-order valence-corrected chi connectivity index (χ3v) is 5.64. The molecule has 0 aromatic heterocycles. The van der Waals surface area contributed by atoms with Crippen LogP contribution in [0.2, 0.25) is 0 Å². The zero-order valence-corrected chi connectivity index (χ0v) is 13.7. The molecule has 2 heterocycles. The van der Waals surface area contributed by atoms with Crippen molar-refractivity contribution >= 4 is 11.8 Å². The minimum absolute atomic E-state index is 0.250. The summed E-state index contributed by atoms with van der Waals surface area (Å²) in [5.74, 6) is 1.02. The van der Waals surface area contributed by atoms with E-state index < -0.39 is 0 Å². The largest absolute Gasteiger partial charge is 0.384 e. The van der Waals surface area contributed by atoms with Gasteiger partial charge in [0.1, 0.15) is 0 Å². The average molecular weight is 308 g/mol. The van der Waals surface area contributed by atoms with Gasteiger partial charge in [0.05, 0.1) is 12.0 Å². The first-order valence-electron chi connectivity index (χ1n) is 8.71. The number of amides is 2. The zero-order chi connectivity index (χ0) is 15.6. The second kappa shape index (κ2) is 6.57. The number of carbonyl (C=O) groups is 2. The van der Waals surface area contributed by atoms with Crippen molar-refractivity contribution in [2.24, 2.45) is 11.3 Å². The molecule has 2 saturated heterocycles. The lowest BCUT2D eigenvalue weighted by molar-refractivity contribution is -0.154. The summed E-state index contributed by atoms with van der Waals surface area (Å²) in [5, 5.41) is 0. The van der Waals surface area contributed by atoms with Gasteiger partial charge >= 0.3 is 0 Å². The van der Waals surface area contributed by atoms with Crippen molar-refractivity contribution in [3.05, 3.63) is 0 Å². The summed E-state index contributed by atoms with van der Waals surface area (Å²) in [4.78, 5) is 28.7. The molecule has 3 aliphatic rings. The topological polar surface area (TPSA) is 49.9 Å². The van der Waals surface area contributed by atoms with Crippen LogP contribution in [0, 0.1) is 11.3 Å². The maximum Gasteiger partial charge on any atom is 0.231 e. The molecular weight excluding hydrogens is 280 g/mol. The van der Waals surface area contributed by atoms with Gasteiger partial charge in [-0.15, -0.1) is 0 Å². The maximum atomic E-state index is 12.9. The summed E-state index contributed by atoms with van der Waals surface area (Å²) in [6.45, 7) is 3.97. The number of hydrogen-bond donors (Lipinski definition) is 0. The Kier molecular flexibility index (Phi) is 4.71. The fourth-order valence-electron chi connectivity index (χ4n) is 4.24. The van der Waals surface area contributed by atoms with Gasteiger partial charge in [-0.3, -0.25) is 9.59 Å². The summed E-state index contributed by atoms with van der Waals surface area (Å²) >= 11 is 0. The molecule has 2 amide bonds. The molecule has 0 radical (unpaired) electrons. The number of hydrogen-bond acceptors (Lipinski definition) is 3. The number of carbonyl (C=O) groups excluding carboxylic acids is 2. The van der Waals surface area contributed by atoms with Crippen LogP contribution in [0.15, 0.2) is 0 Å². The highest BCUT2D eigenvalue weighted by Crippen LogP contribution is 2.43. The molecule has 1 atom stereocenters. The summed E-state index contributed by atoms with van der Waals surface area (Å²) < 4.78 is 5.31. The first kappa shape index (κ1) is 15.8. The van der Waals surface area contributed by atoms with E-state index >= 15 is 0 Å². The van der Waals surface area contributed by atoms with Gasteiger partial charge < -0.3 is 14.5 Å². The van der Waals surface area contributed by atoms with Crippen LogP contribution >= 0.6 is 0 Å². The van der Waals surface area contributed by atoms with Crippen LogP contribution in [0.25, 0.3) is 0 Å². The Bertz CT molecular complexity index is 434. The molecule has 2 aliphatic heterocycles. The minimum atomic E-state index is -0.250. The lowest BCUT2D eigenvalue weighted by atomic mass is 9.68. The van der Waals surface area contributed by atoms with Crippen molar-refractivity contribution in [3.8, 4) is 0 Å². The highest BCUT2D eigenvalue weighted by atomic mass is 16.5. The normalized spacial score (nSPS) is 27.9. The lowest BCUT2D eigenvalue weighted by Gasteiger charge is -2.45. The molecule has 0 spiro atoms. The van der Waals surface area contributed by atoms with Gasteiger partial charge in [0.25, 0.3) is 0 Å². The highest BCUT2D eigenvalue weighted by molar-refractivity contribution is 5.84. The molecule has 124 valence electrons. The number of nitrogens with zero attached hydrogens (tertiary/aromatic N) is 2. The van der Waals surface area contributed by atoms with Gasteiger partial charge in [-0.05, 0) is 38.0 Å². The lowest BCUT2D eigenvalue weighted by Crippen LogP contribution is -2.53. The number of methoxy groups -OCH3 is 1. The van der Waals surface area contributed by atoms with Crippen molar-refractivity contribution in [1.29, 1.82) is 0 Å². The van der Waals surface area contributed by atoms with E-state index in [0.717, 1.165) is 64.7 Å². The summed E-state index contributed by atoms with van der Waals surface area (Å²) in [6.07, 6.45) is 6.94. The van der Waals surface area contributed by atoms with Crippen molar-refractivity contribution in [1.82, 2.24) is 9.80 Å². The first-order valence-corrected chi connectivity index (χ1v) is 8.71. The van der Waals surface area contributed by atoms with Crippen LogP contribution in [-0.2, 0) is 14.3 Å². The number of ether oxygens (including phenoxy) is 1. The maximum absolute atomic E-state index is 12.9. The molecule has 0 N–H and O–H groups in total. The van der Waals surface area contributed by atoms with E-state index in [-0.39, 0.29) is 11.3 Å². The summed E-state index contributed by atoms with van der Waals surface area (Å²) in [5.41, 5.74) is -0.250. The first-order chi connectivity index (χ1) is 10.6. The number of likely N-dealkylation sites (tertiary alicyclic amines) is 2. The van der Waals surface area contributed by atoms with Gasteiger partial charge in [-0.1, -0.05) is 6.42 Å². The highest BCUT2D eigenvalue weighted by Gasteiger charge is 2.47. The second-order valence-electron chi connectivity index (χ2n) is 7.27. The minimum Gasteiger partial charge on any atom is -0.384 e. The standard InChI is InChI=1S/C17H28N2O3/c1-22-13-17(7-4-8-17)16(21)19-10-2-5-14(12-19)11-18-9-3-6-15(18)20/h14H,2-13H2,1H3. The van der Waals surface area contributed by atoms with Crippen LogP contribution in [0.1, 0.15) is 44.9 Å². The fraction of sp³-hybridized carbons (Fsp3) is 0.882. The molecular formula is C17H28N2O3. The van der Waals surface area contributed by atoms with Crippen molar-refractivity contribution in [2.45, 2.75) is 44.9 Å². The SMILES string of the molecule is COCC1(C(=O)N2CCCC(CN3CCCC3=O)C2)CCC1. The molecule has 5 heteroatoms. The van der Waals surface area contributed by atoms with Crippen LogP contribution in [0.3, 0.4) is 0 Å². The molecule has 1 saturated carbocycles. The zero-order valence-electron chi connectivity index (χ0n) is 13.7. The molecule has 22 heavy (non-hydrogen) atoms. The van der Waals surface area contributed by atoms with Gasteiger partial charge in [0, 0.05) is 39.7 Å². The Hall–Kier alpha value is -1.10. The van der Waals surface area contributed by atoms with E-state index in [9.17, 15) is 9.59 Å². The quantitative estimate of drug-likeness (QED) is 0.776. The van der Waals surface area contributed by atoms with Crippen LogP contribution in [0.4, 0.5) is 0 Å². The van der Waals surface area contributed by atoms with E-state index in [1.54, 1.807) is 7.11 Å². The monoisotopic (exact) mass is 308 g/mol. The Morgan fingerprint density at radius 1 is 1.27 bits per heavy atom. The molecule has 1 unspecified atom stereocenters. The van der Waals surface area contributed by atoms with E-state index in [2.05, 4.69) is 0 Å². The molecule has 1 aliphatic carbocycles. The van der Waals surface area contributed by atoms with E-state index in [4.69, 9.17) is 4.74 Å². The predicted molar refractivity (Wildman–Crippen MR) is 83.3 cm³/mol. The number of rotatable bonds is 5. The van der Waals surface area contributed by atoms with Gasteiger partial charge in [-0.2, -0.15) is 0 Å². The molecule has 0 bridgehead atoms. The second-order valence-corrected chi connectivity index (χ2v) is 7.27. The molecule has 5 nitrogen and oxygen atoms in total. The Labute approximate surface area is 133 Å². The third kappa shape index (κ3) is 3.00. The van der Waals surface area contributed by atoms with Gasteiger partial charge in [0.2, 0.25) is 11.8 Å². The van der Waals surface area contributed by atoms with Crippen molar-refractivity contribution in [3.63, 3.8) is 0 Å². The van der Waals surface area contributed by atoms with Crippen molar-refractivity contribution < 1.29 is 14.3 Å². The molecule has 3 rings (SSSR count). The van der Waals surface area contributed by atoms with Crippen molar-refractivity contribution in [2.75, 3.05) is 39.9 Å². The van der Waals surface area contributed by atoms with E-state index in [1.165, 1.54) is 0 Å². The Morgan fingerprint density at radius 2 is 2.09 bits per heavy atom. The van der Waals surface area contributed by atoms with E-state index in [0.29, 0.717) is 24.9 Å². The van der Waals surface area contributed by atoms with Crippen LogP contribution in [0.5, 0.6) is 0 Å². The predicted octanol–water partition coefficient (Wildman–Crippen LogP) is 1.66. The third-order valence-electron chi connectivity index (χ3n) is 5.64. The molecule has 3 fully saturated rings. The van der Waals surface area contributed by atoms with Gasteiger partial charge in [0.15, 0.2) is 0 Å². The van der Waals surface area contributed by atoms with Crippen LogP contribution in [-0.4, -0.2) is 61.5 Å². The average Bonchev–Trinajstić information content (AvgIpc) is 2.88. The molecule has 0 aromatic carbocycles. The van der Waals surface area contributed by atoms with Crippen LogP contribution < -0.4 is 0 Å². The fourth-order valence-corrected chi connectivity index (χ4v) is 4.24. The van der Waals surface area contributed by atoms with E-state index in [1.807, 2.05) is 9.80 Å². The summed E-state index contributed by atoms with van der Waals surface area (Å²) in [6, 6.07) is 0.